The number of hydrogen-bond donors (Lipinski definition) is 2. The number of ether oxygens (including phenoxy) is 20. The van der Waals surface area contributed by atoms with Crippen molar-refractivity contribution >= 4 is 59.2 Å². The largest absolute Gasteiger partial charge is 1.00 e. The molecule has 14 aliphatic rings. The Hall–Kier alpha value is -3.30. The van der Waals surface area contributed by atoms with Gasteiger partial charge in [0.1, 0.15) is 79.0 Å². The molecule has 7 aliphatic heterocycles. The number of nitrogens with zero attached hydrogens (tertiary/aromatic N) is 2. The summed E-state index contributed by atoms with van der Waals surface area (Å²) in [5.74, 6) is -3.48. The molecule has 4 N–H and O–H groups in total. The van der Waals surface area contributed by atoms with Crippen molar-refractivity contribution in [1.82, 2.24) is 16.1 Å². The molecule has 7 aliphatic carbocycles. The number of Topliss-reactive ketones (excluding diaryl/α,β-unsaturated/α-hetero) is 2. The summed E-state index contributed by atoms with van der Waals surface area (Å²) in [4.78, 5) is 54.0. The van der Waals surface area contributed by atoms with E-state index in [0.717, 1.165) is 29.5 Å². The van der Waals surface area contributed by atoms with Crippen molar-refractivity contribution in [2.75, 3.05) is 39.6 Å². The first-order valence-electron chi connectivity index (χ1n) is 49.3. The molecule has 39 heteroatoms. The van der Waals surface area contributed by atoms with E-state index in [2.05, 4.69) is 87.7 Å². The van der Waals surface area contributed by atoms with E-state index in [1.807, 2.05) is 193 Å². The van der Waals surface area contributed by atoms with Gasteiger partial charge in [0.05, 0.1) is 85.5 Å². The Kier molecular flexibility index (Phi) is 43.5. The fourth-order valence-corrected chi connectivity index (χ4v) is 21.9. The molecular weight excluding hydrogens is 1960 g/mol. The van der Waals surface area contributed by atoms with Gasteiger partial charge in [-0.1, -0.05) is 39.0 Å². The summed E-state index contributed by atoms with van der Waals surface area (Å²) >= 11 is 5.53. The Bertz CT molecular complexity index is 4740. The summed E-state index contributed by atoms with van der Waals surface area (Å²) < 4.78 is 188. The zero-order chi connectivity index (χ0) is 108. The molecule has 1 aromatic rings. The van der Waals surface area contributed by atoms with Gasteiger partial charge in [0, 0.05) is 47.2 Å². The minimum Gasteiger partial charge on any atom is -0.545 e. The van der Waals surface area contributed by atoms with Gasteiger partial charge < -0.3 is 133 Å². The molecule has 0 aromatic carbocycles. The maximum atomic E-state index is 12.7. The zero-order valence-corrected chi connectivity index (χ0v) is 98.1. The molecule has 0 amide bonds. The molecule has 8 heterocycles. The number of ketones is 4. The number of halogens is 4. The quantitative estimate of drug-likeness (QED) is 0.0257. The average Bonchev–Trinajstić information content (AvgIpc) is 1.58. The maximum absolute atomic E-state index is 12.7. The molecule has 0 bridgehead atoms. The Labute approximate surface area is 903 Å². The van der Waals surface area contributed by atoms with E-state index in [-0.39, 0.29) is 194 Å². The molecule has 818 valence electrons. The summed E-state index contributed by atoms with van der Waals surface area (Å²) in [6.45, 7) is 87.3. The van der Waals surface area contributed by atoms with Crippen molar-refractivity contribution in [2.45, 2.75) is 463 Å². The van der Waals surface area contributed by atoms with Crippen LogP contribution in [0.4, 0.5) is 13.2 Å². The fraction of sp³-hybridized carbons (Fsp3) is 0.790. The molecule has 15 rings (SSSR count). The average molecular weight is 2130 g/mol. The van der Waals surface area contributed by atoms with Crippen LogP contribution in [0.1, 0.15) is 274 Å². The summed E-state index contributed by atoms with van der Waals surface area (Å²) in [5.41, 5.74) is -7.49. The number of alkyl halides is 3. The number of rotatable bonds is 23. The molecule has 144 heavy (non-hydrogen) atoms. The van der Waals surface area contributed by atoms with Gasteiger partial charge in [0.25, 0.3) is 0 Å². The van der Waals surface area contributed by atoms with Crippen molar-refractivity contribution in [1.29, 1.82) is 0 Å². The van der Waals surface area contributed by atoms with Gasteiger partial charge in [-0.05, 0) is 288 Å². The standard InChI is InChI=1S/C19H36O4Si.C16H25F3O6S.C15H26O4.C15H24O4.C13H22O4.C13H20O4.C8H10O3.C6H3ClN2.K.H3N/c1-9-24(10-2,11-3)23-15-12-14(13-20-18(4,5)6)16-17(15)22-19(7,8)21-16;1-7-15(9-22-13(2,3)4)8-10(25-26(20,21)16(17,18)19)11-12(15)24-14(5,6)23-11;2*1-7-15(9-17-13(2,3)4)8-10(16)11-12(15)19-14(5,6)18-11;2*1-12(2,3)15-7-8-6-9(14)11-10(8)16-13(4,5)17-11;1-8(2)10-6-4-3-5(9)7(6)11-8;1-2-5-3-8-4-9-6(5)7;;/h12,14,16-17H,9-11,13H2,1-8H3;7,10-12H,1,8-9H2,2-6H3;7,10-12,16H,1,8-9H2,2-6H3;7,11-12H,1,8-9H2,2-6H3;8,10-11H,6-7H2,1-5H3;6,10-11H,7H2,1-5H3;3-4,6-7H,1-2H3;1-2,4H;;1H3/q;;;;;;;-2;+1;/t14-,16-,17+;2*10-,11-,12-,15-;11-,12-,15-;8-,10-,11+;10-,11+;6-,7+;;;/m1000111.../s1. The molecule has 0 spiro atoms. The van der Waals surface area contributed by atoms with Crippen LogP contribution >= 0.6 is 11.6 Å². The second kappa shape index (κ2) is 48.4. The number of aliphatic hydroxyl groups is 1. The maximum Gasteiger partial charge on any atom is 1.00 e. The van der Waals surface area contributed by atoms with Crippen LogP contribution in [0, 0.1) is 40.9 Å². The van der Waals surface area contributed by atoms with Gasteiger partial charge in [-0.25, -0.2) is 5.56 Å². The fourth-order valence-electron chi connectivity index (χ4n) is 18.5. The molecule has 0 unspecified atom stereocenters. The summed E-state index contributed by atoms with van der Waals surface area (Å²) in [7, 11) is -7.49. The van der Waals surface area contributed by atoms with Crippen LogP contribution in [-0.2, 0) is 133 Å². The number of aromatic nitrogens is 2. The van der Waals surface area contributed by atoms with Crippen LogP contribution in [0.25, 0.3) is 6.08 Å². The molecular formula is C105H169ClF3KN3O29SSi-. The summed E-state index contributed by atoms with van der Waals surface area (Å²) in [6, 6.07) is 3.38. The first kappa shape index (κ1) is 129. The second-order valence-corrected chi connectivity index (χ2v) is 54.3. The zero-order valence-electron chi connectivity index (χ0n) is 92.4. The monoisotopic (exact) mass is 2130 g/mol. The molecule has 7 saturated heterocycles. The van der Waals surface area contributed by atoms with E-state index in [9.17, 15) is 45.9 Å². The molecule has 1 aromatic heterocycles. The van der Waals surface area contributed by atoms with Crippen LogP contribution in [0.2, 0.25) is 23.3 Å². The smallest absolute Gasteiger partial charge is 0.545 e. The van der Waals surface area contributed by atoms with E-state index in [4.69, 9.17) is 117 Å². The van der Waals surface area contributed by atoms with Gasteiger partial charge in [-0.3, -0.25) is 23.4 Å². The molecule has 32 nitrogen and oxygen atoms in total. The van der Waals surface area contributed by atoms with Crippen molar-refractivity contribution < 1.29 is 201 Å². The first-order chi connectivity index (χ1) is 64.5. The van der Waals surface area contributed by atoms with Crippen molar-refractivity contribution in [3.05, 3.63) is 103 Å². The number of aliphatic hydroxyl groups excluding tert-OH is 1. The third-order valence-electron chi connectivity index (χ3n) is 25.6. The topological polar surface area (TPSA) is 386 Å². The third kappa shape index (κ3) is 35.1. The predicted molar refractivity (Wildman–Crippen MR) is 533 cm³/mol. The van der Waals surface area contributed by atoms with Crippen LogP contribution < -0.4 is 57.5 Å². The van der Waals surface area contributed by atoms with Crippen LogP contribution in [0.3, 0.4) is 0 Å². The minimum atomic E-state index is -5.77. The van der Waals surface area contributed by atoms with E-state index in [1.165, 1.54) is 24.6 Å². The Morgan fingerprint density at radius 2 is 0.931 bits per heavy atom. The van der Waals surface area contributed by atoms with Crippen LogP contribution in [0.15, 0.2) is 79.9 Å². The van der Waals surface area contributed by atoms with Gasteiger partial charge in [0.15, 0.2) is 75.9 Å². The number of carbonyl (C=O) groups is 4. The van der Waals surface area contributed by atoms with Gasteiger partial charge >= 0.3 is 67.0 Å². The number of hydrogen-bond acceptors (Lipinski definition) is 32. The molecule has 0 radical (unpaired) electrons. The third-order valence-corrected chi connectivity index (χ3v) is 31.5. The van der Waals surface area contributed by atoms with Crippen molar-refractivity contribution in [2.24, 2.45) is 28.1 Å². The number of fused-ring (bicyclic) bond motifs is 7. The Morgan fingerprint density at radius 3 is 1.41 bits per heavy atom. The normalized spacial score (nSPS) is 33.2. The molecule has 11 fully saturated rings. The van der Waals surface area contributed by atoms with Crippen LogP contribution in [-0.4, -0.2) is 272 Å². The van der Waals surface area contributed by atoms with E-state index in [0.29, 0.717) is 63.0 Å². The summed E-state index contributed by atoms with van der Waals surface area (Å²) in [6.07, 6.45) is 11.9. The molecule has 21 atom stereocenters. The van der Waals surface area contributed by atoms with Gasteiger partial charge in [-0.2, -0.15) is 21.6 Å². The van der Waals surface area contributed by atoms with E-state index >= 15 is 0 Å². The molecule has 4 saturated carbocycles. The van der Waals surface area contributed by atoms with E-state index < -0.39 is 124 Å². The second-order valence-electron chi connectivity index (χ2n) is 47.7. The van der Waals surface area contributed by atoms with Crippen molar-refractivity contribution in [3.63, 3.8) is 0 Å². The van der Waals surface area contributed by atoms with E-state index in [1.54, 1.807) is 32.1 Å². The van der Waals surface area contributed by atoms with Gasteiger partial charge in [-0.15, -0.1) is 37.5 Å². The Morgan fingerprint density at radius 1 is 0.514 bits per heavy atom. The predicted octanol–water partition coefficient (Wildman–Crippen LogP) is 15.6. The van der Waals surface area contributed by atoms with Crippen molar-refractivity contribution in [3.8, 4) is 0 Å². The minimum absolute atomic E-state index is 0. The first-order valence-corrected chi connectivity index (χ1v) is 53.6. The SMILES string of the molecule is C=C[C@@]1(COC(C)(C)C)CC(=O)[C@@H]2OC(C)(C)O[C@@H]21.C=C[C@@]1(COC(C)(C)C)C[C@H](O)[C@@H]2OC(C)(C)O[C@@H]21.C=C[C@@]1(COC(C)(C)C)C[C@H](OS(=O)(=O)C(F)(F)F)[C@@H]2OC(C)(C)O[C@@H]21.CC(C)(C)OCC1=CC(=O)[C@@H]2OC(C)(C)O[C@H]12.CC(C)(C)OC[C@H]1CC(=O)[C@@H]2OC(C)(C)O[C@H]12.CC1(C)O[C@@H]2C=CC(=O)[C@@H]2O1.CC[Si](CC)(CC)OC1=C[C@H](COC(C)(C)C)[C@H]2OC(C)(C)O[C@@H]12.N.[CH-]=Cc1[c-]ncnc1Cl.[K+]. The Balaban J connectivity index is 0.000000255. The summed E-state index contributed by atoms with van der Waals surface area (Å²) in [5, 5.41) is 10.5. The number of carbonyl (C=O) groups excluding carboxylic acids is 4. The van der Waals surface area contributed by atoms with Crippen LogP contribution in [0.5, 0.6) is 0 Å². The van der Waals surface area contributed by atoms with Gasteiger partial charge in [0.2, 0.25) is 8.32 Å².